The van der Waals surface area contributed by atoms with Gasteiger partial charge in [0.1, 0.15) is 12.4 Å². The van der Waals surface area contributed by atoms with Crippen LogP contribution in [0.1, 0.15) is 39.5 Å². The monoisotopic (exact) mass is 311 g/mol. The lowest BCUT2D eigenvalue weighted by Gasteiger charge is -2.16. The molecule has 2 amide bonds. The second-order valence-electron chi connectivity index (χ2n) is 4.70. The summed E-state index contributed by atoms with van der Waals surface area (Å²) in [5, 5.41) is 12.8. The SMILES string of the molecule is CC(C(=O)ON1C(=O)c2ccccc2C1=O)n1cnc(C#N)n1. The first-order valence-corrected chi connectivity index (χ1v) is 6.54. The van der Waals surface area contributed by atoms with Gasteiger partial charge in [-0.2, -0.15) is 5.26 Å². The van der Waals surface area contributed by atoms with Crippen LogP contribution in [-0.2, 0) is 9.63 Å². The molecule has 2 aromatic rings. The molecule has 3 rings (SSSR count). The van der Waals surface area contributed by atoms with E-state index >= 15 is 0 Å². The van der Waals surface area contributed by atoms with Gasteiger partial charge in [-0.15, -0.1) is 5.10 Å². The number of carbonyl (C=O) groups excluding carboxylic acids is 3. The van der Waals surface area contributed by atoms with Gasteiger partial charge in [-0.1, -0.05) is 17.2 Å². The molecular formula is C14H9N5O4. The smallest absolute Gasteiger partial charge is 0.327 e. The summed E-state index contributed by atoms with van der Waals surface area (Å²) in [5.74, 6) is -2.40. The number of hydroxylamine groups is 2. The van der Waals surface area contributed by atoms with Crippen LogP contribution in [0, 0.1) is 11.3 Å². The Balaban J connectivity index is 1.78. The number of benzene rings is 1. The van der Waals surface area contributed by atoms with E-state index < -0.39 is 23.8 Å². The van der Waals surface area contributed by atoms with Crippen molar-refractivity contribution >= 4 is 17.8 Å². The minimum Gasteiger partial charge on any atom is -0.327 e. The maximum absolute atomic E-state index is 12.1. The molecule has 1 unspecified atom stereocenters. The van der Waals surface area contributed by atoms with Gasteiger partial charge in [0, 0.05) is 0 Å². The van der Waals surface area contributed by atoms with Gasteiger partial charge >= 0.3 is 5.97 Å². The summed E-state index contributed by atoms with van der Waals surface area (Å²) < 4.78 is 1.11. The van der Waals surface area contributed by atoms with E-state index in [4.69, 9.17) is 10.1 Å². The lowest BCUT2D eigenvalue weighted by atomic mass is 10.1. The van der Waals surface area contributed by atoms with Crippen molar-refractivity contribution in [2.75, 3.05) is 0 Å². The van der Waals surface area contributed by atoms with Crippen molar-refractivity contribution in [3.8, 4) is 6.07 Å². The summed E-state index contributed by atoms with van der Waals surface area (Å²) in [4.78, 5) is 44.9. The third kappa shape index (κ3) is 2.32. The normalized spacial score (nSPS) is 14.3. The topological polar surface area (TPSA) is 118 Å². The van der Waals surface area contributed by atoms with Crippen molar-refractivity contribution in [2.24, 2.45) is 0 Å². The molecule has 114 valence electrons. The van der Waals surface area contributed by atoms with Gasteiger partial charge in [-0.3, -0.25) is 9.59 Å². The van der Waals surface area contributed by atoms with Crippen LogP contribution in [-0.4, -0.2) is 37.6 Å². The number of aromatic nitrogens is 3. The van der Waals surface area contributed by atoms with Gasteiger partial charge in [-0.25, -0.2) is 14.5 Å². The Morgan fingerprint density at radius 2 is 1.87 bits per heavy atom. The van der Waals surface area contributed by atoms with Crippen molar-refractivity contribution in [1.29, 1.82) is 5.26 Å². The number of imide groups is 1. The van der Waals surface area contributed by atoms with E-state index in [1.165, 1.54) is 25.4 Å². The Kier molecular flexibility index (Phi) is 3.34. The van der Waals surface area contributed by atoms with E-state index in [-0.39, 0.29) is 17.0 Å². The van der Waals surface area contributed by atoms with Gasteiger partial charge in [0.25, 0.3) is 17.6 Å². The molecule has 0 saturated heterocycles. The first-order chi connectivity index (χ1) is 11.0. The Labute approximate surface area is 129 Å². The van der Waals surface area contributed by atoms with Crippen LogP contribution in [0.4, 0.5) is 0 Å². The number of carbonyl (C=O) groups is 3. The summed E-state index contributed by atoms with van der Waals surface area (Å²) in [6, 6.07) is 6.93. The molecule has 0 saturated carbocycles. The average Bonchev–Trinajstić information content (AvgIpc) is 3.14. The highest BCUT2D eigenvalue weighted by Gasteiger charge is 2.39. The summed E-state index contributed by atoms with van der Waals surface area (Å²) in [6.07, 6.45) is 1.19. The van der Waals surface area contributed by atoms with Crippen molar-refractivity contribution in [1.82, 2.24) is 19.8 Å². The summed E-state index contributed by atoms with van der Waals surface area (Å²) in [6.45, 7) is 1.44. The molecule has 23 heavy (non-hydrogen) atoms. The lowest BCUT2D eigenvalue weighted by molar-refractivity contribution is -0.172. The van der Waals surface area contributed by atoms with Crippen molar-refractivity contribution in [2.45, 2.75) is 13.0 Å². The predicted octanol–water partition coefficient (Wildman–Crippen LogP) is 0.465. The zero-order chi connectivity index (χ0) is 16.6. The standard InChI is InChI=1S/C14H9N5O4/c1-8(18-7-16-11(6-15)17-18)14(22)23-19-12(20)9-4-2-3-5-10(9)13(19)21/h2-5,7-8H,1H3. The first-order valence-electron chi connectivity index (χ1n) is 6.54. The molecule has 1 aromatic heterocycles. The predicted molar refractivity (Wildman–Crippen MR) is 72.5 cm³/mol. The molecule has 0 radical (unpaired) electrons. The number of fused-ring (bicyclic) bond motifs is 1. The van der Waals surface area contributed by atoms with Crippen molar-refractivity contribution in [3.63, 3.8) is 0 Å². The summed E-state index contributed by atoms with van der Waals surface area (Å²) >= 11 is 0. The van der Waals surface area contributed by atoms with E-state index in [0.717, 1.165) is 4.68 Å². The third-order valence-corrected chi connectivity index (χ3v) is 3.28. The van der Waals surface area contributed by atoms with E-state index in [1.54, 1.807) is 18.2 Å². The maximum atomic E-state index is 12.1. The van der Waals surface area contributed by atoms with Gasteiger partial charge in [0.15, 0.2) is 6.04 Å². The number of hydrogen-bond acceptors (Lipinski definition) is 7. The molecule has 2 heterocycles. The number of amides is 2. The molecule has 1 aromatic carbocycles. The quantitative estimate of drug-likeness (QED) is 0.756. The second kappa shape index (κ2) is 5.34. The second-order valence-corrected chi connectivity index (χ2v) is 4.70. The number of nitrogens with zero attached hydrogens (tertiary/aromatic N) is 5. The van der Waals surface area contributed by atoms with Gasteiger partial charge < -0.3 is 4.84 Å². The fourth-order valence-corrected chi connectivity index (χ4v) is 2.04. The average molecular weight is 311 g/mol. The first kappa shape index (κ1) is 14.4. The largest absolute Gasteiger partial charge is 0.357 e. The highest BCUT2D eigenvalue weighted by atomic mass is 16.7. The van der Waals surface area contributed by atoms with E-state index in [9.17, 15) is 14.4 Å². The molecule has 1 atom stereocenters. The summed E-state index contributed by atoms with van der Waals surface area (Å²) in [5.41, 5.74) is 0.343. The van der Waals surface area contributed by atoms with Gasteiger partial charge in [0.05, 0.1) is 11.1 Å². The van der Waals surface area contributed by atoms with Crippen LogP contribution in [0.25, 0.3) is 0 Å². The molecule has 0 spiro atoms. The lowest BCUT2D eigenvalue weighted by Crippen LogP contribution is -2.35. The minimum atomic E-state index is -0.964. The fraction of sp³-hybridized carbons (Fsp3) is 0.143. The molecule has 1 aliphatic heterocycles. The highest BCUT2D eigenvalue weighted by Crippen LogP contribution is 2.23. The molecule has 0 bridgehead atoms. The number of hydrogen-bond donors (Lipinski definition) is 0. The zero-order valence-electron chi connectivity index (χ0n) is 11.8. The van der Waals surface area contributed by atoms with Crippen LogP contribution in [0.15, 0.2) is 30.6 Å². The number of nitriles is 1. The molecule has 9 heteroatoms. The van der Waals surface area contributed by atoms with Crippen LogP contribution in [0.5, 0.6) is 0 Å². The van der Waals surface area contributed by atoms with Crippen molar-refractivity contribution < 1.29 is 19.2 Å². The van der Waals surface area contributed by atoms with E-state index in [2.05, 4.69) is 10.1 Å². The highest BCUT2D eigenvalue weighted by molar-refractivity contribution is 6.20. The Hall–Kier alpha value is -3.54. The maximum Gasteiger partial charge on any atom is 0.357 e. The Morgan fingerprint density at radius 3 is 2.39 bits per heavy atom. The Bertz CT molecular complexity index is 831. The van der Waals surface area contributed by atoms with E-state index in [0.29, 0.717) is 5.06 Å². The Morgan fingerprint density at radius 1 is 1.26 bits per heavy atom. The van der Waals surface area contributed by atoms with Gasteiger partial charge in [0.2, 0.25) is 0 Å². The molecule has 9 nitrogen and oxygen atoms in total. The third-order valence-electron chi connectivity index (χ3n) is 3.28. The van der Waals surface area contributed by atoms with E-state index in [1.807, 2.05) is 0 Å². The molecule has 0 aliphatic carbocycles. The van der Waals surface area contributed by atoms with Crippen LogP contribution in [0.2, 0.25) is 0 Å². The zero-order valence-corrected chi connectivity index (χ0v) is 11.8. The molecular weight excluding hydrogens is 302 g/mol. The van der Waals surface area contributed by atoms with Crippen LogP contribution >= 0.6 is 0 Å². The molecule has 1 aliphatic rings. The fourth-order valence-electron chi connectivity index (χ4n) is 2.04. The molecule has 0 fully saturated rings. The minimum absolute atomic E-state index is 0.106. The van der Waals surface area contributed by atoms with Crippen LogP contribution in [0.3, 0.4) is 0 Å². The van der Waals surface area contributed by atoms with Crippen molar-refractivity contribution in [3.05, 3.63) is 47.5 Å². The van der Waals surface area contributed by atoms with Gasteiger partial charge in [-0.05, 0) is 19.1 Å². The molecule has 0 N–H and O–H groups in total. The number of rotatable bonds is 3. The summed E-state index contributed by atoms with van der Waals surface area (Å²) in [7, 11) is 0. The van der Waals surface area contributed by atoms with Crippen LogP contribution < -0.4 is 0 Å².